The van der Waals surface area contributed by atoms with Gasteiger partial charge in [-0.3, -0.25) is 4.79 Å². The highest BCUT2D eigenvalue weighted by Gasteiger charge is 2.36. The molecule has 0 aliphatic carbocycles. The third-order valence-corrected chi connectivity index (χ3v) is 7.44. The van der Waals surface area contributed by atoms with Crippen LogP contribution in [0, 0.1) is 0 Å². The molecule has 2 nitrogen and oxygen atoms in total. The minimum absolute atomic E-state index is 0.234. The molecule has 1 fully saturated rings. The van der Waals surface area contributed by atoms with E-state index in [1.165, 1.54) is 77.0 Å². The number of carbonyl (C=O) groups is 1. The average molecular weight is 404 g/mol. The standard InChI is InChI=1S/C25H41NOS/c1-3-4-5-6-8-14-19-23-24(28-23)20-15-9-7-10-16-21-25(27)26(2)22-17-12-11-13-18-22/h11-13,17-18,23-24H,3-10,14-16,19-21H2,1-2H3. The van der Waals surface area contributed by atoms with Crippen molar-refractivity contribution in [2.45, 2.75) is 107 Å². The molecule has 1 aromatic carbocycles. The Balaban J connectivity index is 1.38. The smallest absolute Gasteiger partial charge is 0.226 e. The summed E-state index contributed by atoms with van der Waals surface area (Å²) in [5.74, 6) is 0.234. The molecule has 158 valence electrons. The monoisotopic (exact) mass is 403 g/mol. The van der Waals surface area contributed by atoms with Crippen molar-refractivity contribution in [1.29, 1.82) is 0 Å². The third kappa shape index (κ3) is 9.49. The lowest BCUT2D eigenvalue weighted by atomic mass is 10.0. The zero-order valence-electron chi connectivity index (χ0n) is 18.2. The van der Waals surface area contributed by atoms with E-state index < -0.39 is 0 Å². The predicted octanol–water partition coefficient (Wildman–Crippen LogP) is 7.61. The Kier molecular flexibility index (Phi) is 11.7. The topological polar surface area (TPSA) is 20.3 Å². The molecule has 0 N–H and O–H groups in total. The summed E-state index contributed by atoms with van der Waals surface area (Å²) in [6.45, 7) is 2.29. The lowest BCUT2D eigenvalue weighted by Gasteiger charge is -2.17. The Bertz CT molecular complexity index is 533. The van der Waals surface area contributed by atoms with Crippen molar-refractivity contribution < 1.29 is 4.79 Å². The Morgan fingerprint density at radius 3 is 1.96 bits per heavy atom. The molecule has 1 aliphatic heterocycles. The lowest BCUT2D eigenvalue weighted by molar-refractivity contribution is -0.118. The van der Waals surface area contributed by atoms with Crippen LogP contribution in [0.15, 0.2) is 30.3 Å². The summed E-state index contributed by atoms with van der Waals surface area (Å²) in [4.78, 5) is 14.0. The minimum atomic E-state index is 0.234. The van der Waals surface area contributed by atoms with Crippen LogP contribution in [0.2, 0.25) is 0 Å². The molecule has 0 saturated carbocycles. The van der Waals surface area contributed by atoms with Gasteiger partial charge in [0.1, 0.15) is 0 Å². The summed E-state index contributed by atoms with van der Waals surface area (Å²) in [5, 5.41) is 1.95. The van der Waals surface area contributed by atoms with E-state index in [4.69, 9.17) is 0 Å². The van der Waals surface area contributed by atoms with Crippen LogP contribution < -0.4 is 4.90 Å². The number of anilines is 1. The first-order valence-corrected chi connectivity index (χ1v) is 12.6. The number of hydrogen-bond donors (Lipinski definition) is 0. The number of unbranched alkanes of at least 4 members (excludes halogenated alkanes) is 9. The fourth-order valence-electron chi connectivity index (χ4n) is 3.93. The van der Waals surface area contributed by atoms with Gasteiger partial charge in [-0.1, -0.05) is 89.3 Å². The van der Waals surface area contributed by atoms with Crippen molar-refractivity contribution in [2.75, 3.05) is 11.9 Å². The van der Waals surface area contributed by atoms with Gasteiger partial charge in [0.2, 0.25) is 5.91 Å². The number of benzene rings is 1. The molecule has 2 atom stereocenters. The second-order valence-electron chi connectivity index (χ2n) is 8.36. The fourth-order valence-corrected chi connectivity index (χ4v) is 5.16. The zero-order valence-corrected chi connectivity index (χ0v) is 19.0. The van der Waals surface area contributed by atoms with Crippen LogP contribution >= 0.6 is 11.8 Å². The van der Waals surface area contributed by atoms with Crippen LogP contribution in [0.3, 0.4) is 0 Å². The summed E-state index contributed by atoms with van der Waals surface area (Å²) < 4.78 is 0. The van der Waals surface area contributed by atoms with Crippen molar-refractivity contribution in [3.05, 3.63) is 30.3 Å². The highest BCUT2D eigenvalue weighted by atomic mass is 32.2. The Hall–Kier alpha value is -0.960. The number of para-hydroxylation sites is 1. The number of rotatable bonds is 16. The second kappa shape index (κ2) is 14.1. The zero-order chi connectivity index (χ0) is 20.0. The molecule has 0 radical (unpaired) electrons. The number of carbonyl (C=O) groups excluding carboxylic acids is 1. The van der Waals surface area contributed by atoms with Gasteiger partial charge in [-0.2, -0.15) is 11.8 Å². The minimum Gasteiger partial charge on any atom is -0.316 e. The van der Waals surface area contributed by atoms with Crippen LogP contribution in [0.4, 0.5) is 5.69 Å². The van der Waals surface area contributed by atoms with E-state index in [-0.39, 0.29) is 5.91 Å². The molecule has 1 aromatic rings. The maximum absolute atomic E-state index is 12.2. The van der Waals surface area contributed by atoms with Gasteiger partial charge in [-0.25, -0.2) is 0 Å². The molecule has 1 amide bonds. The van der Waals surface area contributed by atoms with E-state index >= 15 is 0 Å². The quantitative estimate of drug-likeness (QED) is 0.209. The third-order valence-electron chi connectivity index (χ3n) is 5.93. The molecular weight excluding hydrogens is 362 g/mol. The number of hydrogen-bond acceptors (Lipinski definition) is 2. The maximum atomic E-state index is 12.2. The van der Waals surface area contributed by atoms with Crippen molar-refractivity contribution in [3.8, 4) is 0 Å². The number of thioether (sulfide) groups is 1. The van der Waals surface area contributed by atoms with Crippen molar-refractivity contribution in [2.24, 2.45) is 0 Å². The lowest BCUT2D eigenvalue weighted by Crippen LogP contribution is -2.25. The first kappa shape index (κ1) is 23.3. The molecule has 28 heavy (non-hydrogen) atoms. The van der Waals surface area contributed by atoms with Crippen molar-refractivity contribution in [1.82, 2.24) is 0 Å². The Labute approximate surface area is 177 Å². The summed E-state index contributed by atoms with van der Waals surface area (Å²) in [6.07, 6.45) is 18.3. The Morgan fingerprint density at radius 1 is 0.821 bits per heavy atom. The van der Waals surface area contributed by atoms with Gasteiger partial charge in [0.15, 0.2) is 0 Å². The predicted molar refractivity (Wildman–Crippen MR) is 125 cm³/mol. The van der Waals surface area contributed by atoms with Gasteiger partial charge in [0.05, 0.1) is 0 Å². The molecule has 0 spiro atoms. The van der Waals surface area contributed by atoms with E-state index in [1.807, 2.05) is 37.4 Å². The molecule has 0 aromatic heterocycles. The van der Waals surface area contributed by atoms with Crippen LogP contribution in [-0.2, 0) is 4.79 Å². The summed E-state index contributed by atoms with van der Waals surface area (Å²) in [7, 11) is 1.88. The Morgan fingerprint density at radius 2 is 1.36 bits per heavy atom. The fraction of sp³-hybridized carbons (Fsp3) is 0.720. The summed E-state index contributed by atoms with van der Waals surface area (Å²) >= 11 is 2.23. The molecule has 0 bridgehead atoms. The van der Waals surface area contributed by atoms with Crippen LogP contribution in [0.5, 0.6) is 0 Å². The van der Waals surface area contributed by atoms with E-state index in [2.05, 4.69) is 18.7 Å². The molecule has 1 aliphatic rings. The number of nitrogens with zero attached hydrogens (tertiary/aromatic N) is 1. The normalized spacial score (nSPS) is 18.2. The highest BCUT2D eigenvalue weighted by molar-refractivity contribution is 8.07. The van der Waals surface area contributed by atoms with E-state index in [0.717, 1.165) is 22.6 Å². The second-order valence-corrected chi connectivity index (χ2v) is 9.85. The van der Waals surface area contributed by atoms with Gasteiger partial charge in [-0.05, 0) is 31.4 Å². The largest absolute Gasteiger partial charge is 0.316 e. The molecule has 1 heterocycles. The van der Waals surface area contributed by atoms with Crippen LogP contribution in [0.1, 0.15) is 96.8 Å². The van der Waals surface area contributed by atoms with Gasteiger partial charge < -0.3 is 4.90 Å². The average Bonchev–Trinajstić information content (AvgIpc) is 3.48. The van der Waals surface area contributed by atoms with Crippen LogP contribution in [-0.4, -0.2) is 23.5 Å². The first-order chi connectivity index (χ1) is 13.7. The van der Waals surface area contributed by atoms with Gasteiger partial charge >= 0.3 is 0 Å². The molecule has 2 unspecified atom stereocenters. The molecule has 1 saturated heterocycles. The van der Waals surface area contributed by atoms with E-state index in [9.17, 15) is 4.79 Å². The van der Waals surface area contributed by atoms with Gasteiger partial charge in [-0.15, -0.1) is 0 Å². The van der Waals surface area contributed by atoms with Crippen LogP contribution in [0.25, 0.3) is 0 Å². The van der Waals surface area contributed by atoms with Crippen molar-refractivity contribution >= 4 is 23.4 Å². The highest BCUT2D eigenvalue weighted by Crippen LogP contribution is 2.47. The summed E-state index contributed by atoms with van der Waals surface area (Å²) in [6, 6.07) is 9.94. The molecular formula is C25H41NOS. The maximum Gasteiger partial charge on any atom is 0.226 e. The molecule has 2 rings (SSSR count). The van der Waals surface area contributed by atoms with E-state index in [1.54, 1.807) is 4.90 Å². The number of amides is 1. The van der Waals surface area contributed by atoms with Gasteiger partial charge in [0, 0.05) is 29.7 Å². The summed E-state index contributed by atoms with van der Waals surface area (Å²) in [5.41, 5.74) is 0.991. The first-order valence-electron chi connectivity index (χ1n) is 11.7. The van der Waals surface area contributed by atoms with Gasteiger partial charge in [0.25, 0.3) is 0 Å². The van der Waals surface area contributed by atoms with Crippen molar-refractivity contribution in [3.63, 3.8) is 0 Å². The SMILES string of the molecule is CCCCCCCCC1SC1CCCCCCCC(=O)N(C)c1ccccc1. The van der Waals surface area contributed by atoms with E-state index in [0.29, 0.717) is 6.42 Å². The molecule has 3 heteroatoms.